The molecule has 1 N–H and O–H groups in total. The zero-order chi connectivity index (χ0) is 23.6. The molecule has 3 aromatic carbocycles. The van der Waals surface area contributed by atoms with E-state index in [2.05, 4.69) is 5.16 Å². The topological polar surface area (TPSA) is 128 Å². The monoisotopic (exact) mass is 485 g/mol. The van der Waals surface area contributed by atoms with Gasteiger partial charge in [0.05, 0.1) is 16.4 Å². The molecule has 0 atom stereocenters. The number of nitro groups is 1. The Kier molecular flexibility index (Phi) is 5.88. The van der Waals surface area contributed by atoms with Crippen molar-refractivity contribution in [2.75, 3.05) is 0 Å². The molecular weight excluding hydrogens is 470 g/mol. The quantitative estimate of drug-likeness (QED) is 0.418. The first kappa shape index (κ1) is 22.4. The molecule has 33 heavy (non-hydrogen) atoms. The second-order valence-corrected chi connectivity index (χ2v) is 9.23. The Morgan fingerprint density at radius 1 is 1.03 bits per heavy atom. The Hall–Kier alpha value is -3.76. The van der Waals surface area contributed by atoms with Gasteiger partial charge in [-0.2, -0.15) is 0 Å². The van der Waals surface area contributed by atoms with Crippen LogP contribution in [0, 0.1) is 10.1 Å². The number of nitrogens with one attached hydrogen (secondary N) is 1. The minimum Gasteiger partial charge on any atom is -0.379 e. The van der Waals surface area contributed by atoms with Crippen molar-refractivity contribution in [1.82, 2.24) is 4.72 Å². The number of non-ortho nitro benzene ring substituents is 1. The highest BCUT2D eigenvalue weighted by Crippen LogP contribution is 2.41. The number of rotatable bonds is 6. The minimum atomic E-state index is -4.52. The van der Waals surface area contributed by atoms with Gasteiger partial charge in [-0.1, -0.05) is 77.4 Å². The lowest BCUT2D eigenvalue weighted by molar-refractivity contribution is -0.385. The third-order valence-corrected chi connectivity index (χ3v) is 6.93. The van der Waals surface area contributed by atoms with Gasteiger partial charge in [-0.25, -0.2) is 13.1 Å². The third-order valence-electron chi connectivity index (χ3n) is 5.11. The second-order valence-electron chi connectivity index (χ2n) is 7.17. The number of hydrogen-bond donors (Lipinski definition) is 1. The van der Waals surface area contributed by atoms with Gasteiger partial charge < -0.3 is 4.84 Å². The summed E-state index contributed by atoms with van der Waals surface area (Å²) in [5.41, 5.74) is -0.310. The molecule has 1 amide bonds. The third kappa shape index (κ3) is 4.30. The van der Waals surface area contributed by atoms with Crippen LogP contribution in [0.3, 0.4) is 0 Å². The van der Waals surface area contributed by atoms with Crippen molar-refractivity contribution in [3.63, 3.8) is 0 Å². The lowest BCUT2D eigenvalue weighted by Gasteiger charge is -2.27. The number of halogens is 1. The van der Waals surface area contributed by atoms with Gasteiger partial charge in [0.15, 0.2) is 11.3 Å². The summed E-state index contributed by atoms with van der Waals surface area (Å²) >= 11 is 5.93. The molecule has 1 aliphatic rings. The van der Waals surface area contributed by atoms with Crippen LogP contribution in [0.1, 0.15) is 17.5 Å². The normalized spacial score (nSPS) is 14.8. The Bertz CT molecular complexity index is 1320. The lowest BCUT2D eigenvalue weighted by atomic mass is 9.82. The lowest BCUT2D eigenvalue weighted by Crippen LogP contribution is -2.37. The van der Waals surface area contributed by atoms with Crippen LogP contribution in [-0.4, -0.2) is 25.0 Å². The van der Waals surface area contributed by atoms with Gasteiger partial charge in [0, 0.05) is 23.3 Å². The number of carbonyl (C=O) groups excluding carboxylic acids is 1. The molecule has 0 radical (unpaired) electrons. The van der Waals surface area contributed by atoms with Crippen LogP contribution in [-0.2, 0) is 25.3 Å². The molecule has 0 saturated carbocycles. The van der Waals surface area contributed by atoms with Crippen molar-refractivity contribution in [3.8, 4) is 0 Å². The fraction of sp³-hybridized carbons (Fsp3) is 0.0909. The smallest absolute Gasteiger partial charge is 0.282 e. The molecular formula is C22H16ClN3O6S. The van der Waals surface area contributed by atoms with Crippen LogP contribution in [0.2, 0.25) is 5.02 Å². The van der Waals surface area contributed by atoms with Crippen LogP contribution in [0.15, 0.2) is 88.9 Å². The Morgan fingerprint density at radius 2 is 1.61 bits per heavy atom. The zero-order valence-corrected chi connectivity index (χ0v) is 18.4. The van der Waals surface area contributed by atoms with Crippen LogP contribution in [0.4, 0.5) is 5.69 Å². The highest BCUT2D eigenvalue weighted by molar-refractivity contribution is 7.90. The SMILES string of the molecule is O=C(NS(=O)(=O)c1cc([N+](=O)[O-])ccc1Cl)C1=NOC(c2ccccc2)(c2ccccc2)C1. The highest BCUT2D eigenvalue weighted by atomic mass is 35.5. The van der Waals surface area contributed by atoms with Gasteiger partial charge in [-0.15, -0.1) is 0 Å². The molecule has 4 rings (SSSR count). The summed E-state index contributed by atoms with van der Waals surface area (Å²) in [6.45, 7) is 0. The first-order chi connectivity index (χ1) is 15.7. The number of hydrogen-bond acceptors (Lipinski definition) is 7. The zero-order valence-electron chi connectivity index (χ0n) is 16.8. The average molecular weight is 486 g/mol. The van der Waals surface area contributed by atoms with E-state index in [1.807, 2.05) is 65.4 Å². The number of carbonyl (C=O) groups is 1. The minimum absolute atomic E-state index is 0.0367. The van der Waals surface area contributed by atoms with E-state index in [1.165, 1.54) is 0 Å². The van der Waals surface area contributed by atoms with E-state index in [0.717, 1.165) is 29.3 Å². The van der Waals surface area contributed by atoms with E-state index in [0.29, 0.717) is 0 Å². The van der Waals surface area contributed by atoms with Crippen molar-refractivity contribution in [1.29, 1.82) is 0 Å². The molecule has 0 fully saturated rings. The van der Waals surface area contributed by atoms with Crippen molar-refractivity contribution in [2.45, 2.75) is 16.9 Å². The van der Waals surface area contributed by atoms with Crippen molar-refractivity contribution in [3.05, 3.63) is 105 Å². The first-order valence-electron chi connectivity index (χ1n) is 9.60. The summed E-state index contributed by atoms with van der Waals surface area (Å²) in [7, 11) is -4.52. The largest absolute Gasteiger partial charge is 0.379 e. The summed E-state index contributed by atoms with van der Waals surface area (Å²) in [4.78, 5) is 28.2. The predicted molar refractivity (Wildman–Crippen MR) is 120 cm³/mol. The highest BCUT2D eigenvalue weighted by Gasteiger charge is 2.45. The van der Waals surface area contributed by atoms with Crippen molar-refractivity contribution < 1.29 is 23.0 Å². The molecule has 0 bridgehead atoms. The molecule has 0 aliphatic carbocycles. The van der Waals surface area contributed by atoms with Crippen LogP contribution < -0.4 is 4.72 Å². The molecule has 3 aromatic rings. The number of oxime groups is 1. The number of nitro benzene ring substituents is 1. The molecule has 1 aliphatic heterocycles. The Labute approximate surface area is 193 Å². The van der Waals surface area contributed by atoms with Crippen LogP contribution in [0.25, 0.3) is 0 Å². The van der Waals surface area contributed by atoms with E-state index < -0.39 is 37.0 Å². The van der Waals surface area contributed by atoms with Crippen LogP contribution in [0.5, 0.6) is 0 Å². The van der Waals surface area contributed by atoms with Gasteiger partial charge in [-0.05, 0) is 6.07 Å². The molecule has 9 nitrogen and oxygen atoms in total. The summed E-state index contributed by atoms with van der Waals surface area (Å²) in [6, 6.07) is 21.1. The molecule has 168 valence electrons. The standard InChI is InChI=1S/C22H16ClN3O6S/c23-18-12-11-17(26(28)29)13-20(18)33(30,31)25-21(27)19-14-22(32-24-19,15-7-3-1-4-8-15)16-9-5-2-6-10-16/h1-13H,14H2,(H,25,27). The Morgan fingerprint density at radius 3 is 2.15 bits per heavy atom. The maximum absolute atomic E-state index is 12.8. The van der Waals surface area contributed by atoms with E-state index in [1.54, 1.807) is 0 Å². The summed E-state index contributed by atoms with van der Waals surface area (Å²) in [5.74, 6) is -1.02. The first-order valence-corrected chi connectivity index (χ1v) is 11.5. The maximum atomic E-state index is 12.8. The van der Waals surface area contributed by atoms with Gasteiger partial charge in [0.2, 0.25) is 0 Å². The van der Waals surface area contributed by atoms with Gasteiger partial charge >= 0.3 is 0 Å². The number of nitrogens with zero attached hydrogens (tertiary/aromatic N) is 2. The molecule has 0 aromatic heterocycles. The van der Waals surface area contributed by atoms with Crippen molar-refractivity contribution >= 4 is 38.9 Å². The van der Waals surface area contributed by atoms with E-state index in [4.69, 9.17) is 16.4 Å². The fourth-order valence-electron chi connectivity index (χ4n) is 3.49. The Balaban J connectivity index is 1.63. The van der Waals surface area contributed by atoms with Crippen LogP contribution >= 0.6 is 11.6 Å². The summed E-state index contributed by atoms with van der Waals surface area (Å²) in [5, 5.41) is 14.6. The maximum Gasteiger partial charge on any atom is 0.282 e. The molecule has 0 spiro atoms. The predicted octanol–water partition coefficient (Wildman–Crippen LogP) is 3.77. The average Bonchev–Trinajstić information content (AvgIpc) is 3.27. The van der Waals surface area contributed by atoms with E-state index in [9.17, 15) is 23.3 Å². The van der Waals surface area contributed by atoms with Gasteiger partial charge in [-0.3, -0.25) is 14.9 Å². The number of sulfonamides is 1. The summed E-state index contributed by atoms with van der Waals surface area (Å²) in [6.07, 6.45) is -0.0367. The molecule has 0 unspecified atom stereocenters. The van der Waals surface area contributed by atoms with Crippen molar-refractivity contribution in [2.24, 2.45) is 5.16 Å². The second kappa shape index (κ2) is 8.64. The molecule has 0 saturated heterocycles. The molecule has 1 heterocycles. The van der Waals surface area contributed by atoms with Gasteiger partial charge in [0.1, 0.15) is 4.90 Å². The van der Waals surface area contributed by atoms with Gasteiger partial charge in [0.25, 0.3) is 21.6 Å². The number of benzene rings is 3. The summed E-state index contributed by atoms with van der Waals surface area (Å²) < 4.78 is 27.4. The number of amides is 1. The molecule has 11 heteroatoms. The fourth-order valence-corrected chi connectivity index (χ4v) is 4.99. The van der Waals surface area contributed by atoms with E-state index >= 15 is 0 Å². The van der Waals surface area contributed by atoms with E-state index in [-0.39, 0.29) is 17.2 Å².